The number of halogens is 1. The molecule has 1 aromatic carbocycles. The van der Waals surface area contributed by atoms with Gasteiger partial charge < -0.3 is 5.73 Å². The van der Waals surface area contributed by atoms with Gasteiger partial charge in [0.15, 0.2) is 0 Å². The molecule has 0 unspecified atom stereocenters. The molecule has 0 bridgehead atoms. The third-order valence-corrected chi connectivity index (χ3v) is 5.18. The second-order valence-corrected chi connectivity index (χ2v) is 6.03. The predicted molar refractivity (Wildman–Crippen MR) is 83.9 cm³/mol. The van der Waals surface area contributed by atoms with Gasteiger partial charge in [0.2, 0.25) is 0 Å². The minimum Gasteiger partial charge on any atom is -0.329 e. The van der Waals surface area contributed by atoms with Gasteiger partial charge in [0.1, 0.15) is 5.01 Å². The molecule has 0 amide bonds. The number of nitrogens with two attached hydrogens (primary N) is 1. The van der Waals surface area contributed by atoms with Crippen molar-refractivity contribution in [3.05, 3.63) is 39.7 Å². The van der Waals surface area contributed by atoms with Gasteiger partial charge in [0, 0.05) is 27.9 Å². The quantitative estimate of drug-likeness (QED) is 0.883. The lowest BCUT2D eigenvalue weighted by molar-refractivity contribution is 0.405. The highest BCUT2D eigenvalue weighted by Crippen LogP contribution is 2.35. The van der Waals surface area contributed by atoms with Crippen LogP contribution in [0.1, 0.15) is 31.7 Å². The minimum absolute atomic E-state index is 0.0232. The van der Waals surface area contributed by atoms with Gasteiger partial charge in [-0.25, -0.2) is 4.98 Å². The van der Waals surface area contributed by atoms with E-state index in [2.05, 4.69) is 19.2 Å². The summed E-state index contributed by atoms with van der Waals surface area (Å²) in [4.78, 5) is 4.79. The van der Waals surface area contributed by atoms with Crippen LogP contribution in [0.25, 0.3) is 11.3 Å². The van der Waals surface area contributed by atoms with Crippen LogP contribution < -0.4 is 5.73 Å². The van der Waals surface area contributed by atoms with Crippen molar-refractivity contribution in [1.29, 1.82) is 0 Å². The van der Waals surface area contributed by atoms with E-state index in [9.17, 15) is 0 Å². The Morgan fingerprint density at radius 2 is 1.84 bits per heavy atom. The van der Waals surface area contributed by atoms with Crippen LogP contribution in [0.2, 0.25) is 5.02 Å². The summed E-state index contributed by atoms with van der Waals surface area (Å²) in [5, 5.41) is 4.00. The highest BCUT2D eigenvalue weighted by atomic mass is 35.5. The maximum Gasteiger partial charge on any atom is 0.101 e. The largest absolute Gasteiger partial charge is 0.329 e. The summed E-state index contributed by atoms with van der Waals surface area (Å²) >= 11 is 7.62. The third kappa shape index (κ3) is 2.83. The van der Waals surface area contributed by atoms with Gasteiger partial charge in [-0.3, -0.25) is 0 Å². The van der Waals surface area contributed by atoms with E-state index in [-0.39, 0.29) is 5.41 Å². The number of nitrogens with zero attached hydrogens (tertiary/aromatic N) is 1. The number of benzene rings is 1. The first kappa shape index (κ1) is 14.5. The molecule has 1 heterocycles. The summed E-state index contributed by atoms with van der Waals surface area (Å²) in [6, 6.07) is 7.80. The topological polar surface area (TPSA) is 38.9 Å². The van der Waals surface area contributed by atoms with E-state index in [4.69, 9.17) is 22.3 Å². The van der Waals surface area contributed by atoms with Gasteiger partial charge in [-0.1, -0.05) is 37.6 Å². The van der Waals surface area contributed by atoms with Crippen molar-refractivity contribution in [3.8, 4) is 11.3 Å². The molecule has 0 atom stereocenters. The fourth-order valence-electron chi connectivity index (χ4n) is 2.20. The first-order valence-corrected chi connectivity index (χ1v) is 7.83. The maximum atomic E-state index is 5.98. The van der Waals surface area contributed by atoms with E-state index in [1.807, 2.05) is 24.3 Å². The van der Waals surface area contributed by atoms with Crippen LogP contribution in [-0.2, 0) is 5.41 Å². The lowest BCUT2D eigenvalue weighted by Gasteiger charge is -2.27. The highest BCUT2D eigenvalue weighted by molar-refractivity contribution is 7.10. The number of hydrogen-bond acceptors (Lipinski definition) is 3. The maximum absolute atomic E-state index is 5.98. The predicted octanol–water partition coefficient (Wildman–Crippen LogP) is 4.48. The fraction of sp³-hybridized carbons (Fsp3) is 0.400. The Morgan fingerprint density at radius 1 is 1.21 bits per heavy atom. The molecule has 0 radical (unpaired) electrons. The van der Waals surface area contributed by atoms with Crippen molar-refractivity contribution in [1.82, 2.24) is 4.98 Å². The second-order valence-electron chi connectivity index (χ2n) is 4.74. The summed E-state index contributed by atoms with van der Waals surface area (Å²) in [5.41, 5.74) is 8.11. The van der Waals surface area contributed by atoms with Gasteiger partial charge in [-0.15, -0.1) is 11.3 Å². The number of hydrogen-bond donors (Lipinski definition) is 1. The van der Waals surface area contributed by atoms with Crippen molar-refractivity contribution in [3.63, 3.8) is 0 Å². The van der Waals surface area contributed by atoms with Crippen molar-refractivity contribution >= 4 is 22.9 Å². The standard InChI is InChI=1S/C15H19ClN2S/c1-3-15(4-2,10-17)14-18-13(9-19-14)11-5-7-12(16)8-6-11/h5-9H,3-4,10,17H2,1-2H3. The van der Waals surface area contributed by atoms with Gasteiger partial charge in [0.05, 0.1) is 5.69 Å². The third-order valence-electron chi connectivity index (χ3n) is 3.84. The molecule has 19 heavy (non-hydrogen) atoms. The van der Waals surface area contributed by atoms with E-state index in [0.717, 1.165) is 34.1 Å². The Balaban J connectivity index is 2.35. The Hall–Kier alpha value is -0.900. The molecule has 1 aromatic heterocycles. The molecule has 102 valence electrons. The Bertz CT molecular complexity index is 521. The molecule has 0 aliphatic heterocycles. The lowest BCUT2D eigenvalue weighted by Crippen LogP contribution is -2.33. The average Bonchev–Trinajstić information content (AvgIpc) is 2.93. The van der Waals surface area contributed by atoms with Gasteiger partial charge in [-0.05, 0) is 25.0 Å². The average molecular weight is 295 g/mol. The molecule has 2 rings (SSSR count). The van der Waals surface area contributed by atoms with Gasteiger partial charge >= 0.3 is 0 Å². The first-order valence-electron chi connectivity index (χ1n) is 6.57. The lowest BCUT2D eigenvalue weighted by atomic mass is 9.83. The summed E-state index contributed by atoms with van der Waals surface area (Å²) in [7, 11) is 0. The van der Waals surface area contributed by atoms with Crippen molar-refractivity contribution in [2.75, 3.05) is 6.54 Å². The molecule has 2 nitrogen and oxygen atoms in total. The number of aromatic nitrogens is 1. The smallest absolute Gasteiger partial charge is 0.101 e. The van der Waals surface area contributed by atoms with E-state index in [1.54, 1.807) is 11.3 Å². The van der Waals surface area contributed by atoms with Crippen LogP contribution in [0.3, 0.4) is 0 Å². The molecule has 2 aromatic rings. The molecular weight excluding hydrogens is 276 g/mol. The summed E-state index contributed by atoms with van der Waals surface area (Å²) in [6.07, 6.45) is 2.04. The SMILES string of the molecule is CCC(CC)(CN)c1nc(-c2ccc(Cl)cc2)cs1. The zero-order chi connectivity index (χ0) is 13.9. The Morgan fingerprint density at radius 3 is 2.37 bits per heavy atom. The molecule has 2 N–H and O–H groups in total. The normalized spacial score (nSPS) is 11.8. The zero-order valence-electron chi connectivity index (χ0n) is 11.3. The zero-order valence-corrected chi connectivity index (χ0v) is 12.9. The molecule has 4 heteroatoms. The van der Waals surface area contributed by atoms with Gasteiger partial charge in [0.25, 0.3) is 0 Å². The Kier molecular flexibility index (Phi) is 4.61. The summed E-state index contributed by atoms with van der Waals surface area (Å²) in [6.45, 7) is 5.01. The minimum atomic E-state index is 0.0232. The Labute approximate surface area is 123 Å². The van der Waals surface area contributed by atoms with Crippen molar-refractivity contribution in [2.45, 2.75) is 32.1 Å². The molecule has 0 aliphatic rings. The van der Waals surface area contributed by atoms with Crippen LogP contribution in [0.15, 0.2) is 29.6 Å². The monoisotopic (exact) mass is 294 g/mol. The van der Waals surface area contributed by atoms with E-state index >= 15 is 0 Å². The van der Waals surface area contributed by atoms with Crippen molar-refractivity contribution in [2.24, 2.45) is 5.73 Å². The van der Waals surface area contributed by atoms with Crippen molar-refractivity contribution < 1.29 is 0 Å². The molecule has 0 aliphatic carbocycles. The van der Waals surface area contributed by atoms with E-state index in [0.29, 0.717) is 6.54 Å². The molecule has 0 spiro atoms. The van der Waals surface area contributed by atoms with E-state index in [1.165, 1.54) is 0 Å². The highest BCUT2D eigenvalue weighted by Gasteiger charge is 2.30. The van der Waals surface area contributed by atoms with Gasteiger partial charge in [-0.2, -0.15) is 0 Å². The fourth-order valence-corrected chi connectivity index (χ4v) is 3.51. The van der Waals surface area contributed by atoms with E-state index < -0.39 is 0 Å². The van der Waals surface area contributed by atoms with Crippen LogP contribution in [0.4, 0.5) is 0 Å². The van der Waals surface area contributed by atoms with Crippen LogP contribution in [0.5, 0.6) is 0 Å². The first-order chi connectivity index (χ1) is 9.15. The van der Waals surface area contributed by atoms with Crippen LogP contribution in [-0.4, -0.2) is 11.5 Å². The molecule has 0 saturated heterocycles. The molecule has 0 saturated carbocycles. The number of thiazole rings is 1. The second kappa shape index (κ2) is 6.04. The molecule has 0 fully saturated rings. The summed E-state index contributed by atoms with van der Waals surface area (Å²) in [5.74, 6) is 0. The van der Waals surface area contributed by atoms with Crippen LogP contribution in [0, 0.1) is 0 Å². The molecular formula is C15H19ClN2S. The summed E-state index contributed by atoms with van der Waals surface area (Å²) < 4.78 is 0. The van der Waals surface area contributed by atoms with Crippen LogP contribution >= 0.6 is 22.9 Å². The number of rotatable bonds is 5.